The molecular weight excluding hydrogens is 260 g/mol. The van der Waals surface area contributed by atoms with Crippen LogP contribution in [0.2, 0.25) is 5.02 Å². The van der Waals surface area contributed by atoms with E-state index < -0.39 is 16.8 Å². The molecule has 1 atom stereocenters. The van der Waals surface area contributed by atoms with Crippen LogP contribution in [0.3, 0.4) is 0 Å². The van der Waals surface area contributed by atoms with Crippen molar-refractivity contribution in [3.8, 4) is 6.07 Å². The van der Waals surface area contributed by atoms with Gasteiger partial charge in [0, 0.05) is 6.07 Å². The molecule has 0 bridgehead atoms. The van der Waals surface area contributed by atoms with Gasteiger partial charge < -0.3 is 4.74 Å². The smallest absolute Gasteiger partial charge is 0.328 e. The van der Waals surface area contributed by atoms with Gasteiger partial charge in [-0.15, -0.1) is 0 Å². The van der Waals surface area contributed by atoms with E-state index in [0.717, 1.165) is 0 Å². The van der Waals surface area contributed by atoms with Crippen molar-refractivity contribution in [1.29, 1.82) is 5.26 Å². The number of esters is 1. The number of hydrogen-bond acceptors (Lipinski definition) is 5. The van der Waals surface area contributed by atoms with E-state index in [-0.39, 0.29) is 22.9 Å². The lowest BCUT2D eigenvalue weighted by Gasteiger charge is -2.10. The van der Waals surface area contributed by atoms with Crippen LogP contribution in [0.15, 0.2) is 18.2 Å². The van der Waals surface area contributed by atoms with Crippen molar-refractivity contribution in [3.63, 3.8) is 0 Å². The first-order valence-electron chi connectivity index (χ1n) is 5.02. The Labute approximate surface area is 108 Å². The van der Waals surface area contributed by atoms with Crippen LogP contribution in [-0.4, -0.2) is 17.5 Å². The van der Waals surface area contributed by atoms with E-state index in [1.165, 1.54) is 18.2 Å². The lowest BCUT2D eigenvalue weighted by Crippen LogP contribution is -2.16. The van der Waals surface area contributed by atoms with Crippen LogP contribution < -0.4 is 0 Å². The highest BCUT2D eigenvalue weighted by atomic mass is 35.5. The number of hydrogen-bond donors (Lipinski definition) is 0. The number of ether oxygens (including phenoxy) is 1. The number of nitro benzene ring substituents is 1. The Kier molecular flexibility index (Phi) is 4.63. The highest BCUT2D eigenvalue weighted by Crippen LogP contribution is 2.33. The maximum Gasteiger partial charge on any atom is 0.328 e. The Morgan fingerprint density at radius 2 is 2.33 bits per heavy atom. The monoisotopic (exact) mass is 268 g/mol. The summed E-state index contributed by atoms with van der Waals surface area (Å²) in [5.41, 5.74) is -0.507. The van der Waals surface area contributed by atoms with E-state index in [1.54, 1.807) is 13.0 Å². The number of halogens is 1. The molecular formula is C11H9ClN2O4. The number of rotatable bonds is 4. The fourth-order valence-electron chi connectivity index (χ4n) is 1.43. The molecule has 6 nitrogen and oxygen atoms in total. The number of nitrogens with zero attached hydrogens (tertiary/aromatic N) is 2. The van der Waals surface area contributed by atoms with Crippen molar-refractivity contribution < 1.29 is 14.5 Å². The zero-order valence-corrected chi connectivity index (χ0v) is 10.2. The zero-order chi connectivity index (χ0) is 13.7. The van der Waals surface area contributed by atoms with Gasteiger partial charge in [-0.2, -0.15) is 5.26 Å². The minimum Gasteiger partial charge on any atom is -0.465 e. The summed E-state index contributed by atoms with van der Waals surface area (Å²) in [5, 5.41) is 19.8. The fraction of sp³-hybridized carbons (Fsp3) is 0.273. The Hall–Kier alpha value is -2.13. The molecule has 0 amide bonds. The summed E-state index contributed by atoms with van der Waals surface area (Å²) in [5.74, 6) is -2.25. The van der Waals surface area contributed by atoms with Crippen molar-refractivity contribution in [2.45, 2.75) is 12.8 Å². The fourth-order valence-corrected chi connectivity index (χ4v) is 1.71. The molecule has 94 valence electrons. The minimum atomic E-state index is -1.40. The SMILES string of the molecule is CCOC(=O)C(C#N)c1c(Cl)cccc1[N+](=O)[O-]. The highest BCUT2D eigenvalue weighted by molar-refractivity contribution is 6.32. The van der Waals surface area contributed by atoms with E-state index in [1.807, 2.05) is 0 Å². The largest absolute Gasteiger partial charge is 0.465 e. The van der Waals surface area contributed by atoms with E-state index in [9.17, 15) is 14.9 Å². The molecule has 7 heteroatoms. The molecule has 1 aromatic rings. The van der Waals surface area contributed by atoms with Gasteiger partial charge >= 0.3 is 5.97 Å². The molecule has 0 aliphatic heterocycles. The van der Waals surface area contributed by atoms with E-state index in [2.05, 4.69) is 0 Å². The first-order chi connectivity index (χ1) is 8.52. The second-order valence-corrected chi connectivity index (χ2v) is 3.65. The van der Waals surface area contributed by atoms with Crippen LogP contribution in [0.4, 0.5) is 5.69 Å². The lowest BCUT2D eigenvalue weighted by molar-refractivity contribution is -0.385. The predicted octanol–water partition coefficient (Wildman–Crippen LogP) is 2.42. The van der Waals surface area contributed by atoms with Crippen LogP contribution in [-0.2, 0) is 9.53 Å². The van der Waals surface area contributed by atoms with Crippen molar-refractivity contribution in [1.82, 2.24) is 0 Å². The number of benzene rings is 1. The molecule has 0 saturated heterocycles. The van der Waals surface area contributed by atoms with Gasteiger partial charge in [0.25, 0.3) is 5.69 Å². The molecule has 0 spiro atoms. The minimum absolute atomic E-state index is 0.0104. The van der Waals surface area contributed by atoms with Crippen molar-refractivity contribution in [2.75, 3.05) is 6.61 Å². The third-order valence-corrected chi connectivity index (χ3v) is 2.50. The molecule has 0 N–H and O–H groups in total. The van der Waals surface area contributed by atoms with Gasteiger partial charge in [-0.25, -0.2) is 0 Å². The van der Waals surface area contributed by atoms with Crippen molar-refractivity contribution in [3.05, 3.63) is 38.9 Å². The van der Waals surface area contributed by atoms with Gasteiger partial charge in [-0.1, -0.05) is 17.7 Å². The molecule has 1 unspecified atom stereocenters. The van der Waals surface area contributed by atoms with Gasteiger partial charge in [0.2, 0.25) is 0 Å². The molecule has 0 saturated carbocycles. The van der Waals surface area contributed by atoms with Gasteiger partial charge in [0.05, 0.1) is 28.2 Å². The molecule has 0 heterocycles. The summed E-state index contributed by atoms with van der Waals surface area (Å²) < 4.78 is 4.70. The molecule has 0 radical (unpaired) electrons. The summed E-state index contributed by atoms with van der Waals surface area (Å²) >= 11 is 5.83. The maximum atomic E-state index is 11.6. The summed E-state index contributed by atoms with van der Waals surface area (Å²) in [7, 11) is 0. The second-order valence-electron chi connectivity index (χ2n) is 3.24. The molecule has 18 heavy (non-hydrogen) atoms. The average molecular weight is 269 g/mol. The first-order valence-corrected chi connectivity index (χ1v) is 5.39. The highest BCUT2D eigenvalue weighted by Gasteiger charge is 2.31. The number of carbonyl (C=O) groups excluding carboxylic acids is 1. The van der Waals surface area contributed by atoms with Crippen LogP contribution in [0, 0.1) is 21.4 Å². The Bertz CT molecular complexity index is 524. The van der Waals surface area contributed by atoms with Crippen LogP contribution >= 0.6 is 11.6 Å². The van der Waals surface area contributed by atoms with Gasteiger partial charge in [0.1, 0.15) is 0 Å². The standard InChI is InChI=1S/C11H9ClN2O4/c1-2-18-11(15)7(6-13)10-8(12)4-3-5-9(10)14(16)17/h3-5,7H,2H2,1H3. The summed E-state index contributed by atoms with van der Waals surface area (Å²) in [4.78, 5) is 21.7. The topological polar surface area (TPSA) is 93.2 Å². The third-order valence-electron chi connectivity index (χ3n) is 2.17. The molecule has 1 rings (SSSR count). The number of nitriles is 1. The summed E-state index contributed by atoms with van der Waals surface area (Å²) in [6, 6.07) is 5.62. The molecule has 0 aliphatic rings. The number of nitro groups is 1. The number of carbonyl (C=O) groups is 1. The molecule has 0 fully saturated rings. The van der Waals surface area contributed by atoms with E-state index in [0.29, 0.717) is 0 Å². The van der Waals surface area contributed by atoms with Crippen molar-refractivity contribution in [2.24, 2.45) is 0 Å². The van der Waals surface area contributed by atoms with E-state index >= 15 is 0 Å². The average Bonchev–Trinajstić information content (AvgIpc) is 2.32. The second kappa shape index (κ2) is 5.98. The molecule has 0 aliphatic carbocycles. The lowest BCUT2D eigenvalue weighted by atomic mass is 9.99. The van der Waals surface area contributed by atoms with Crippen LogP contribution in [0.1, 0.15) is 18.4 Å². The quantitative estimate of drug-likeness (QED) is 0.475. The maximum absolute atomic E-state index is 11.6. The third kappa shape index (κ3) is 2.76. The summed E-state index contributed by atoms with van der Waals surface area (Å²) in [6.07, 6.45) is 0. The van der Waals surface area contributed by atoms with E-state index in [4.69, 9.17) is 21.6 Å². The van der Waals surface area contributed by atoms with Gasteiger partial charge in [-0.3, -0.25) is 14.9 Å². The first kappa shape index (κ1) is 13.9. The molecule has 0 aromatic heterocycles. The Balaban J connectivity index is 3.34. The van der Waals surface area contributed by atoms with Crippen molar-refractivity contribution >= 4 is 23.3 Å². The normalized spacial score (nSPS) is 11.4. The van der Waals surface area contributed by atoms with Gasteiger partial charge in [0.15, 0.2) is 5.92 Å². The Morgan fingerprint density at radius 3 is 2.83 bits per heavy atom. The van der Waals surface area contributed by atoms with Crippen LogP contribution in [0.5, 0.6) is 0 Å². The summed E-state index contributed by atoms with van der Waals surface area (Å²) in [6.45, 7) is 1.66. The molecule has 1 aromatic carbocycles. The van der Waals surface area contributed by atoms with Gasteiger partial charge in [-0.05, 0) is 13.0 Å². The zero-order valence-electron chi connectivity index (χ0n) is 9.42. The Morgan fingerprint density at radius 1 is 1.67 bits per heavy atom. The predicted molar refractivity (Wildman–Crippen MR) is 63.1 cm³/mol. The van der Waals surface area contributed by atoms with Crippen LogP contribution in [0.25, 0.3) is 0 Å².